The van der Waals surface area contributed by atoms with Crippen molar-refractivity contribution in [2.75, 3.05) is 5.73 Å². The average molecular weight is 380 g/mol. The van der Waals surface area contributed by atoms with Gasteiger partial charge in [0.25, 0.3) is 0 Å². The van der Waals surface area contributed by atoms with E-state index in [-0.39, 0.29) is 15.1 Å². The molecule has 0 atom stereocenters. The number of hydrogen-bond acceptors (Lipinski definition) is 3. The predicted octanol–water partition coefficient (Wildman–Crippen LogP) is 3.88. The van der Waals surface area contributed by atoms with Crippen molar-refractivity contribution in [2.45, 2.75) is 16.0 Å². The lowest BCUT2D eigenvalue weighted by atomic mass is 10.2. The number of halogens is 4. The van der Waals surface area contributed by atoms with Crippen LogP contribution in [-0.4, -0.2) is 8.42 Å². The maximum absolute atomic E-state index is 12.7. The summed E-state index contributed by atoms with van der Waals surface area (Å²) in [6.45, 7) is 0. The van der Waals surface area contributed by atoms with Gasteiger partial charge in [-0.2, -0.15) is 13.2 Å². The SMILES string of the molecule is Nc1ccc(C(F)(F)F)cc1S(=O)(=O)c1ccccc1Br. The average Bonchev–Trinajstić information content (AvgIpc) is 2.37. The third-order valence-corrected chi connectivity index (χ3v) is 5.58. The Morgan fingerprint density at radius 3 is 2.19 bits per heavy atom. The number of hydrogen-bond donors (Lipinski definition) is 1. The topological polar surface area (TPSA) is 60.2 Å². The minimum absolute atomic E-state index is 0.143. The molecule has 2 rings (SSSR count). The van der Waals surface area contributed by atoms with Gasteiger partial charge in [-0.1, -0.05) is 12.1 Å². The number of nitrogens with two attached hydrogens (primary N) is 1. The number of alkyl halides is 3. The highest BCUT2D eigenvalue weighted by atomic mass is 79.9. The van der Waals surface area contributed by atoms with E-state index < -0.39 is 26.5 Å². The van der Waals surface area contributed by atoms with Crippen LogP contribution in [0.25, 0.3) is 0 Å². The van der Waals surface area contributed by atoms with Gasteiger partial charge < -0.3 is 5.73 Å². The van der Waals surface area contributed by atoms with Crippen LogP contribution >= 0.6 is 15.9 Å². The molecule has 21 heavy (non-hydrogen) atoms. The van der Waals surface area contributed by atoms with E-state index in [1.807, 2.05) is 0 Å². The summed E-state index contributed by atoms with van der Waals surface area (Å²) in [5, 5.41) is 0. The van der Waals surface area contributed by atoms with Gasteiger partial charge in [0, 0.05) is 4.47 Å². The Labute approximate surface area is 127 Å². The van der Waals surface area contributed by atoms with Crippen molar-refractivity contribution in [2.24, 2.45) is 0 Å². The summed E-state index contributed by atoms with van der Waals surface area (Å²) >= 11 is 3.07. The summed E-state index contributed by atoms with van der Waals surface area (Å²) in [4.78, 5) is -0.708. The molecule has 2 aromatic rings. The van der Waals surface area contributed by atoms with Gasteiger partial charge in [0.15, 0.2) is 0 Å². The quantitative estimate of drug-likeness (QED) is 0.805. The third-order valence-electron chi connectivity index (χ3n) is 2.76. The van der Waals surface area contributed by atoms with Crippen LogP contribution in [0.1, 0.15) is 5.56 Å². The molecular weight excluding hydrogens is 371 g/mol. The molecule has 2 aromatic carbocycles. The Hall–Kier alpha value is -1.54. The predicted molar refractivity (Wildman–Crippen MR) is 75.5 cm³/mol. The van der Waals surface area contributed by atoms with Gasteiger partial charge in [-0.3, -0.25) is 0 Å². The second kappa shape index (κ2) is 5.34. The summed E-state index contributed by atoms with van der Waals surface area (Å²) in [5.41, 5.74) is 4.24. The molecule has 0 heterocycles. The van der Waals surface area contributed by atoms with Crippen molar-refractivity contribution < 1.29 is 21.6 Å². The summed E-state index contributed by atoms with van der Waals surface area (Å²) in [5.74, 6) is 0. The Kier molecular flexibility index (Phi) is 4.03. The fourth-order valence-electron chi connectivity index (χ4n) is 1.72. The smallest absolute Gasteiger partial charge is 0.398 e. The molecular formula is C13H9BrF3NO2S. The van der Waals surface area contributed by atoms with E-state index in [0.717, 1.165) is 12.1 Å². The van der Waals surface area contributed by atoms with Crippen LogP contribution in [0.3, 0.4) is 0 Å². The zero-order chi connectivity index (χ0) is 15.8. The Morgan fingerprint density at radius 2 is 1.62 bits per heavy atom. The van der Waals surface area contributed by atoms with Crippen molar-refractivity contribution >= 4 is 31.5 Å². The fourth-order valence-corrected chi connectivity index (χ4v) is 4.13. The first-order chi connectivity index (χ1) is 9.64. The molecule has 0 bridgehead atoms. The van der Waals surface area contributed by atoms with Crippen LogP contribution in [0.2, 0.25) is 0 Å². The van der Waals surface area contributed by atoms with E-state index in [2.05, 4.69) is 15.9 Å². The van der Waals surface area contributed by atoms with Gasteiger partial charge in [-0.05, 0) is 46.3 Å². The molecule has 2 N–H and O–H groups in total. The molecule has 0 saturated carbocycles. The number of sulfone groups is 1. The Balaban J connectivity index is 2.69. The van der Waals surface area contributed by atoms with Gasteiger partial charge in [0.2, 0.25) is 9.84 Å². The van der Waals surface area contributed by atoms with Gasteiger partial charge >= 0.3 is 6.18 Å². The Morgan fingerprint density at radius 1 is 1.00 bits per heavy atom. The van der Waals surface area contributed by atoms with E-state index in [1.54, 1.807) is 6.07 Å². The van der Waals surface area contributed by atoms with Crippen LogP contribution in [0.15, 0.2) is 56.7 Å². The number of anilines is 1. The first kappa shape index (κ1) is 15.8. The van der Waals surface area contributed by atoms with Crippen LogP contribution in [0.5, 0.6) is 0 Å². The zero-order valence-electron chi connectivity index (χ0n) is 10.4. The highest BCUT2D eigenvalue weighted by Crippen LogP contribution is 2.36. The maximum atomic E-state index is 12.7. The minimum atomic E-state index is -4.65. The largest absolute Gasteiger partial charge is 0.416 e. The van der Waals surface area contributed by atoms with E-state index in [9.17, 15) is 21.6 Å². The maximum Gasteiger partial charge on any atom is 0.416 e. The Bertz CT molecular complexity index is 788. The molecule has 0 saturated heterocycles. The highest BCUT2D eigenvalue weighted by Gasteiger charge is 2.33. The van der Waals surface area contributed by atoms with Crippen molar-refractivity contribution in [3.63, 3.8) is 0 Å². The van der Waals surface area contributed by atoms with Crippen molar-refractivity contribution in [3.8, 4) is 0 Å². The molecule has 0 aromatic heterocycles. The fraction of sp³-hybridized carbons (Fsp3) is 0.0769. The molecule has 0 aliphatic heterocycles. The first-order valence-electron chi connectivity index (χ1n) is 5.60. The number of benzene rings is 2. The van der Waals surface area contributed by atoms with Crippen LogP contribution in [0.4, 0.5) is 18.9 Å². The van der Waals surface area contributed by atoms with Gasteiger partial charge in [0.1, 0.15) is 0 Å². The molecule has 112 valence electrons. The summed E-state index contributed by atoms with van der Waals surface area (Å²) < 4.78 is 63.4. The molecule has 0 aliphatic rings. The molecule has 0 amide bonds. The lowest BCUT2D eigenvalue weighted by molar-refractivity contribution is -0.137. The standard InChI is InChI=1S/C13H9BrF3NO2S/c14-9-3-1-2-4-11(9)21(19,20)12-7-8(13(15,16)17)5-6-10(12)18/h1-7H,18H2. The second-order valence-electron chi connectivity index (χ2n) is 4.18. The molecule has 8 heteroatoms. The van der Waals surface area contributed by atoms with Gasteiger partial charge in [0.05, 0.1) is 21.0 Å². The molecule has 0 fully saturated rings. The summed E-state index contributed by atoms with van der Waals surface area (Å²) in [7, 11) is -4.15. The first-order valence-corrected chi connectivity index (χ1v) is 7.88. The molecule has 3 nitrogen and oxygen atoms in total. The number of nitrogen functional groups attached to an aromatic ring is 1. The van der Waals surface area contributed by atoms with E-state index in [1.165, 1.54) is 18.2 Å². The van der Waals surface area contributed by atoms with Crippen molar-refractivity contribution in [1.82, 2.24) is 0 Å². The second-order valence-corrected chi connectivity index (χ2v) is 6.93. The molecule has 0 spiro atoms. The number of rotatable bonds is 2. The lowest BCUT2D eigenvalue weighted by Gasteiger charge is -2.12. The highest BCUT2D eigenvalue weighted by molar-refractivity contribution is 9.10. The molecule has 0 aliphatic carbocycles. The van der Waals surface area contributed by atoms with Gasteiger partial charge in [-0.25, -0.2) is 8.42 Å². The normalized spacial score (nSPS) is 12.4. The molecule has 0 radical (unpaired) electrons. The van der Waals surface area contributed by atoms with Crippen molar-refractivity contribution in [1.29, 1.82) is 0 Å². The summed E-state index contributed by atoms with van der Waals surface area (Å²) in [6.07, 6.45) is -4.65. The van der Waals surface area contributed by atoms with Crippen LogP contribution in [-0.2, 0) is 16.0 Å². The molecule has 0 unspecified atom stereocenters. The zero-order valence-corrected chi connectivity index (χ0v) is 12.8. The van der Waals surface area contributed by atoms with Crippen molar-refractivity contribution in [3.05, 3.63) is 52.5 Å². The van der Waals surface area contributed by atoms with Crippen LogP contribution in [0, 0.1) is 0 Å². The van der Waals surface area contributed by atoms with E-state index in [0.29, 0.717) is 6.07 Å². The minimum Gasteiger partial charge on any atom is -0.398 e. The van der Waals surface area contributed by atoms with Crippen LogP contribution < -0.4 is 5.73 Å². The summed E-state index contributed by atoms with van der Waals surface area (Å²) in [6, 6.07) is 8.07. The lowest BCUT2D eigenvalue weighted by Crippen LogP contribution is -2.11. The third kappa shape index (κ3) is 3.06. The monoisotopic (exact) mass is 379 g/mol. The van der Waals surface area contributed by atoms with Gasteiger partial charge in [-0.15, -0.1) is 0 Å². The van der Waals surface area contributed by atoms with E-state index in [4.69, 9.17) is 5.73 Å². The van der Waals surface area contributed by atoms with E-state index >= 15 is 0 Å².